The minimum Gasteiger partial charge on any atom is -0.310 e. The molecule has 1 aromatic heterocycles. The van der Waals surface area contributed by atoms with E-state index < -0.39 is 10.0 Å². The molecule has 0 aromatic carbocycles. The lowest BCUT2D eigenvalue weighted by Crippen LogP contribution is -2.44. The van der Waals surface area contributed by atoms with Crippen LogP contribution in [0.1, 0.15) is 24.1 Å². The number of aromatic nitrogens is 2. The predicted octanol–water partition coefficient (Wildman–Crippen LogP) is 0.891. The molecule has 7 heteroatoms. The van der Waals surface area contributed by atoms with Gasteiger partial charge in [0.1, 0.15) is 0 Å². The first-order valence-corrected chi connectivity index (χ1v) is 9.07. The number of nitrogens with zero attached hydrogens (tertiary/aromatic N) is 3. The van der Waals surface area contributed by atoms with E-state index in [1.165, 1.54) is 11.8 Å². The summed E-state index contributed by atoms with van der Waals surface area (Å²) in [5.41, 5.74) is 2.21. The Morgan fingerprint density at radius 1 is 1.48 bits per heavy atom. The van der Waals surface area contributed by atoms with Crippen LogP contribution in [-0.2, 0) is 23.1 Å². The minimum absolute atomic E-state index is 0.366. The lowest BCUT2D eigenvalue weighted by molar-refractivity contribution is 0.290. The molecule has 0 unspecified atom stereocenters. The van der Waals surface area contributed by atoms with Crippen LogP contribution in [0.5, 0.6) is 0 Å². The van der Waals surface area contributed by atoms with Gasteiger partial charge in [-0.2, -0.15) is 5.10 Å². The molecule has 118 valence electrons. The van der Waals surface area contributed by atoms with Crippen molar-refractivity contribution in [3.05, 3.63) is 30.1 Å². The van der Waals surface area contributed by atoms with E-state index in [9.17, 15) is 8.42 Å². The zero-order valence-corrected chi connectivity index (χ0v) is 13.6. The second kappa shape index (κ2) is 6.72. The van der Waals surface area contributed by atoms with Crippen LogP contribution in [0.3, 0.4) is 0 Å². The molecular weight excluding hydrogens is 288 g/mol. The topological polar surface area (TPSA) is 67.2 Å². The summed E-state index contributed by atoms with van der Waals surface area (Å²) >= 11 is 0. The zero-order valence-electron chi connectivity index (χ0n) is 12.7. The van der Waals surface area contributed by atoms with Gasteiger partial charge in [0.2, 0.25) is 10.0 Å². The van der Waals surface area contributed by atoms with Crippen molar-refractivity contribution in [2.24, 2.45) is 0 Å². The van der Waals surface area contributed by atoms with Gasteiger partial charge in [0.05, 0.1) is 18.5 Å². The Morgan fingerprint density at radius 3 is 2.71 bits per heavy atom. The molecule has 6 nitrogen and oxygen atoms in total. The standard InChI is InChI=1S/C14H24N4O2S/c1-4-7-17-11-13(12(2)16-17)10-15-14-5-8-18(9-6-14)21(3,19)20/h4,11,14-15H,1,5-10H2,2-3H3. The number of hydrogen-bond donors (Lipinski definition) is 1. The number of sulfonamides is 1. The Balaban J connectivity index is 1.83. The first kappa shape index (κ1) is 16.2. The van der Waals surface area contributed by atoms with Crippen LogP contribution in [0.4, 0.5) is 0 Å². The van der Waals surface area contributed by atoms with Crippen LogP contribution in [0.25, 0.3) is 0 Å². The molecule has 1 aromatic rings. The van der Waals surface area contributed by atoms with Gasteiger partial charge >= 0.3 is 0 Å². The first-order chi connectivity index (χ1) is 9.90. The predicted molar refractivity (Wildman–Crippen MR) is 83.4 cm³/mol. The molecule has 0 bridgehead atoms. The van der Waals surface area contributed by atoms with E-state index in [0.717, 1.165) is 25.1 Å². The summed E-state index contributed by atoms with van der Waals surface area (Å²) in [6.07, 6.45) is 6.85. The monoisotopic (exact) mass is 312 g/mol. The summed E-state index contributed by atoms with van der Waals surface area (Å²) in [6.45, 7) is 8.40. The molecule has 1 aliphatic rings. The Labute approximate surface area is 126 Å². The Kier molecular flexibility index (Phi) is 5.18. The second-order valence-corrected chi connectivity index (χ2v) is 7.55. The van der Waals surface area contributed by atoms with Gasteiger partial charge < -0.3 is 5.32 Å². The quantitative estimate of drug-likeness (QED) is 0.792. The molecule has 1 N–H and O–H groups in total. The maximum Gasteiger partial charge on any atom is 0.211 e. The highest BCUT2D eigenvalue weighted by atomic mass is 32.2. The van der Waals surface area contributed by atoms with E-state index in [4.69, 9.17) is 0 Å². The number of hydrogen-bond acceptors (Lipinski definition) is 4. The molecule has 0 saturated carbocycles. The summed E-state index contributed by atoms with van der Waals surface area (Å²) in [6, 6.07) is 0.366. The number of aryl methyl sites for hydroxylation is 1. The SMILES string of the molecule is C=CCn1cc(CNC2CCN(S(C)(=O)=O)CC2)c(C)n1. The average Bonchev–Trinajstić information content (AvgIpc) is 2.76. The smallest absolute Gasteiger partial charge is 0.211 e. The second-order valence-electron chi connectivity index (χ2n) is 5.57. The van der Waals surface area contributed by atoms with Gasteiger partial charge in [-0.15, -0.1) is 6.58 Å². The number of piperidine rings is 1. The molecule has 21 heavy (non-hydrogen) atoms. The molecule has 0 amide bonds. The van der Waals surface area contributed by atoms with Gasteiger partial charge in [-0.25, -0.2) is 12.7 Å². The van der Waals surface area contributed by atoms with Crippen LogP contribution < -0.4 is 5.32 Å². The normalized spacial score (nSPS) is 18.0. The molecule has 2 heterocycles. The van der Waals surface area contributed by atoms with Crippen molar-refractivity contribution in [3.63, 3.8) is 0 Å². The van der Waals surface area contributed by atoms with Crippen molar-refractivity contribution < 1.29 is 8.42 Å². The number of allylic oxidation sites excluding steroid dienone is 1. The molecule has 0 aliphatic carbocycles. The maximum atomic E-state index is 11.5. The third-order valence-corrected chi connectivity index (χ3v) is 5.17. The van der Waals surface area contributed by atoms with E-state index in [0.29, 0.717) is 25.7 Å². The summed E-state index contributed by atoms with van der Waals surface area (Å²) in [7, 11) is -3.04. The van der Waals surface area contributed by atoms with Gasteiger partial charge in [-0.1, -0.05) is 6.08 Å². The Morgan fingerprint density at radius 2 is 2.14 bits per heavy atom. The van der Waals surface area contributed by atoms with Gasteiger partial charge in [-0.3, -0.25) is 4.68 Å². The van der Waals surface area contributed by atoms with Crippen molar-refractivity contribution >= 4 is 10.0 Å². The number of rotatable bonds is 6. The van der Waals surface area contributed by atoms with Crippen LogP contribution in [0.2, 0.25) is 0 Å². The summed E-state index contributed by atoms with van der Waals surface area (Å²) in [5.74, 6) is 0. The molecule has 0 radical (unpaired) electrons. The van der Waals surface area contributed by atoms with E-state index in [1.54, 1.807) is 4.31 Å². The lowest BCUT2D eigenvalue weighted by Gasteiger charge is -2.30. The van der Waals surface area contributed by atoms with E-state index in [2.05, 4.69) is 17.0 Å². The molecule has 1 saturated heterocycles. The summed E-state index contributed by atoms with van der Waals surface area (Å²) in [4.78, 5) is 0. The fourth-order valence-corrected chi connectivity index (χ4v) is 3.48. The van der Waals surface area contributed by atoms with Gasteiger partial charge in [0.25, 0.3) is 0 Å². The van der Waals surface area contributed by atoms with Gasteiger partial charge in [0.15, 0.2) is 0 Å². The highest BCUT2D eigenvalue weighted by Gasteiger charge is 2.24. The molecule has 0 spiro atoms. The first-order valence-electron chi connectivity index (χ1n) is 7.22. The van der Waals surface area contributed by atoms with Crippen molar-refractivity contribution in [3.8, 4) is 0 Å². The molecule has 2 rings (SSSR count). The van der Waals surface area contributed by atoms with Crippen molar-refractivity contribution in [1.82, 2.24) is 19.4 Å². The van der Waals surface area contributed by atoms with Crippen molar-refractivity contribution in [2.75, 3.05) is 19.3 Å². The largest absolute Gasteiger partial charge is 0.310 e. The zero-order chi connectivity index (χ0) is 15.5. The van der Waals surface area contributed by atoms with E-state index >= 15 is 0 Å². The van der Waals surface area contributed by atoms with Crippen molar-refractivity contribution in [1.29, 1.82) is 0 Å². The summed E-state index contributed by atoms with van der Waals surface area (Å²) < 4.78 is 26.4. The van der Waals surface area contributed by atoms with E-state index in [-0.39, 0.29) is 0 Å². The highest BCUT2D eigenvalue weighted by molar-refractivity contribution is 7.88. The molecular formula is C14H24N4O2S. The third-order valence-electron chi connectivity index (χ3n) is 3.87. The Bertz CT molecular complexity index is 586. The fraction of sp³-hybridized carbons (Fsp3) is 0.643. The van der Waals surface area contributed by atoms with E-state index in [1.807, 2.05) is 23.9 Å². The lowest BCUT2D eigenvalue weighted by atomic mass is 10.1. The van der Waals surface area contributed by atoms with Crippen LogP contribution >= 0.6 is 0 Å². The van der Waals surface area contributed by atoms with Crippen LogP contribution in [-0.4, -0.2) is 47.9 Å². The molecule has 1 aliphatic heterocycles. The Hall–Kier alpha value is -1.18. The maximum absolute atomic E-state index is 11.5. The van der Waals surface area contributed by atoms with Gasteiger partial charge in [0, 0.05) is 37.4 Å². The highest BCUT2D eigenvalue weighted by Crippen LogP contribution is 2.14. The van der Waals surface area contributed by atoms with Crippen LogP contribution in [0, 0.1) is 6.92 Å². The van der Waals surface area contributed by atoms with Crippen LogP contribution in [0.15, 0.2) is 18.9 Å². The molecule has 0 atom stereocenters. The third kappa shape index (κ3) is 4.39. The van der Waals surface area contributed by atoms with Gasteiger partial charge in [-0.05, 0) is 19.8 Å². The number of nitrogens with one attached hydrogen (secondary N) is 1. The average molecular weight is 312 g/mol. The minimum atomic E-state index is -3.04. The summed E-state index contributed by atoms with van der Waals surface area (Å²) in [5, 5.41) is 7.93. The van der Waals surface area contributed by atoms with Crippen molar-refractivity contribution in [2.45, 2.75) is 38.9 Å². The molecule has 1 fully saturated rings. The fourth-order valence-electron chi connectivity index (χ4n) is 2.60.